The van der Waals surface area contributed by atoms with Crippen LogP contribution in [-0.4, -0.2) is 46.5 Å². The van der Waals surface area contributed by atoms with Gasteiger partial charge in [0.1, 0.15) is 12.2 Å². The molecule has 3 N–H and O–H groups in total. The molecule has 2 amide bonds. The molecule has 2 heterocycles. The fourth-order valence-electron chi connectivity index (χ4n) is 3.83. The van der Waals surface area contributed by atoms with Crippen LogP contribution in [0.1, 0.15) is 36.1 Å². The Morgan fingerprint density at radius 1 is 1.06 bits per heavy atom. The Hall–Kier alpha value is -3.82. The first-order chi connectivity index (χ1) is 16.5. The average molecular weight is 462 g/mol. The topological polar surface area (TPSA) is 117 Å². The molecule has 176 valence electrons. The number of nitrogens with zero attached hydrogens (tertiary/aromatic N) is 3. The van der Waals surface area contributed by atoms with Crippen molar-refractivity contribution in [1.29, 1.82) is 0 Å². The standard InChI is InChI=1S/C25H27N5O4/c1-17(32)28-13-24(33)29-20-6-8-21(9-7-20)30-14-22(19-5-2-4-18(12-19)16-31)34-23(15-30)25-26-10-3-11-27-25/h2-12,22-23,31H,13-16H2,1H3,(H,28,32)(H,29,33). The van der Waals surface area contributed by atoms with Crippen LogP contribution in [-0.2, 0) is 20.9 Å². The van der Waals surface area contributed by atoms with Gasteiger partial charge in [-0.2, -0.15) is 0 Å². The highest BCUT2D eigenvalue weighted by molar-refractivity contribution is 5.94. The van der Waals surface area contributed by atoms with Crippen molar-refractivity contribution in [2.75, 3.05) is 29.9 Å². The maximum Gasteiger partial charge on any atom is 0.243 e. The number of carbonyl (C=O) groups excluding carboxylic acids is 2. The summed E-state index contributed by atoms with van der Waals surface area (Å²) < 4.78 is 6.39. The maximum atomic E-state index is 12.0. The van der Waals surface area contributed by atoms with Crippen LogP contribution in [0, 0.1) is 0 Å². The second-order valence-corrected chi connectivity index (χ2v) is 8.03. The van der Waals surface area contributed by atoms with Crippen LogP contribution in [0.5, 0.6) is 0 Å². The highest BCUT2D eigenvalue weighted by Crippen LogP contribution is 2.34. The molecule has 2 unspecified atom stereocenters. The minimum absolute atomic E-state index is 0.0371. The number of hydrogen-bond donors (Lipinski definition) is 3. The fourth-order valence-corrected chi connectivity index (χ4v) is 3.83. The number of hydrogen-bond acceptors (Lipinski definition) is 7. The van der Waals surface area contributed by atoms with Crippen molar-refractivity contribution in [1.82, 2.24) is 15.3 Å². The molecule has 0 bridgehead atoms. The normalized spacial score (nSPS) is 17.8. The van der Waals surface area contributed by atoms with E-state index in [4.69, 9.17) is 4.74 Å². The molecule has 0 saturated carbocycles. The minimum atomic E-state index is -0.338. The third kappa shape index (κ3) is 5.94. The second kappa shape index (κ2) is 10.9. The van der Waals surface area contributed by atoms with Crippen LogP contribution in [0.2, 0.25) is 0 Å². The average Bonchev–Trinajstić information content (AvgIpc) is 2.88. The number of aromatic nitrogens is 2. The third-order valence-corrected chi connectivity index (χ3v) is 5.49. The van der Waals surface area contributed by atoms with E-state index >= 15 is 0 Å². The summed E-state index contributed by atoms with van der Waals surface area (Å²) in [5.41, 5.74) is 3.40. The highest BCUT2D eigenvalue weighted by Gasteiger charge is 2.31. The summed E-state index contributed by atoms with van der Waals surface area (Å²) in [6.07, 6.45) is 2.82. The Morgan fingerprint density at radius 3 is 2.50 bits per heavy atom. The Kier molecular flexibility index (Phi) is 7.46. The molecule has 1 saturated heterocycles. The summed E-state index contributed by atoms with van der Waals surface area (Å²) in [6, 6.07) is 17.0. The van der Waals surface area contributed by atoms with Gasteiger partial charge in [-0.05, 0) is 41.5 Å². The molecule has 1 aliphatic rings. The van der Waals surface area contributed by atoms with Crippen molar-refractivity contribution in [3.8, 4) is 0 Å². The molecule has 0 aliphatic carbocycles. The molecular formula is C25H27N5O4. The summed E-state index contributed by atoms with van der Waals surface area (Å²) in [7, 11) is 0. The lowest BCUT2D eigenvalue weighted by Gasteiger charge is -2.39. The first-order valence-corrected chi connectivity index (χ1v) is 11.0. The van der Waals surface area contributed by atoms with E-state index in [9.17, 15) is 14.7 Å². The number of nitrogens with one attached hydrogen (secondary N) is 2. The molecule has 9 nitrogen and oxygen atoms in total. The Bertz CT molecular complexity index is 1120. The van der Waals surface area contributed by atoms with E-state index < -0.39 is 0 Å². The van der Waals surface area contributed by atoms with Crippen LogP contribution >= 0.6 is 0 Å². The van der Waals surface area contributed by atoms with Crippen molar-refractivity contribution in [2.24, 2.45) is 0 Å². The molecular weight excluding hydrogens is 434 g/mol. The minimum Gasteiger partial charge on any atom is -0.392 e. The lowest BCUT2D eigenvalue weighted by molar-refractivity contribution is -0.122. The first-order valence-electron chi connectivity index (χ1n) is 11.0. The van der Waals surface area contributed by atoms with Crippen LogP contribution in [0.15, 0.2) is 67.0 Å². The zero-order valence-corrected chi connectivity index (χ0v) is 18.8. The molecule has 4 rings (SSSR count). The van der Waals surface area contributed by atoms with Gasteiger partial charge in [-0.15, -0.1) is 0 Å². The fraction of sp³-hybridized carbons (Fsp3) is 0.280. The lowest BCUT2D eigenvalue weighted by atomic mass is 10.0. The molecule has 1 fully saturated rings. The molecule has 9 heteroatoms. The van der Waals surface area contributed by atoms with E-state index in [1.807, 2.05) is 48.5 Å². The van der Waals surface area contributed by atoms with Gasteiger partial charge < -0.3 is 25.4 Å². The van der Waals surface area contributed by atoms with E-state index in [1.165, 1.54) is 6.92 Å². The van der Waals surface area contributed by atoms with Crippen molar-refractivity contribution < 1.29 is 19.4 Å². The van der Waals surface area contributed by atoms with Crippen molar-refractivity contribution in [3.63, 3.8) is 0 Å². The summed E-state index contributed by atoms with van der Waals surface area (Å²) in [5, 5.41) is 14.8. The Morgan fingerprint density at radius 2 is 1.79 bits per heavy atom. The molecule has 2 aromatic carbocycles. The molecule has 1 aliphatic heterocycles. The number of anilines is 2. The Labute approximate surface area is 197 Å². The summed E-state index contributed by atoms with van der Waals surface area (Å²) in [6.45, 7) is 2.42. The molecule has 0 spiro atoms. The van der Waals surface area contributed by atoms with Gasteiger partial charge in [0.25, 0.3) is 0 Å². The number of morpholine rings is 1. The maximum absolute atomic E-state index is 12.0. The quantitative estimate of drug-likeness (QED) is 0.495. The van der Waals surface area contributed by atoms with Gasteiger partial charge in [-0.3, -0.25) is 9.59 Å². The van der Waals surface area contributed by atoms with E-state index in [-0.39, 0.29) is 37.2 Å². The summed E-state index contributed by atoms with van der Waals surface area (Å²) in [5.74, 6) is 0.0608. The van der Waals surface area contributed by atoms with E-state index in [0.29, 0.717) is 24.6 Å². The molecule has 1 aromatic heterocycles. The number of benzene rings is 2. The largest absolute Gasteiger partial charge is 0.392 e. The van der Waals surface area contributed by atoms with Gasteiger partial charge in [0.2, 0.25) is 11.8 Å². The van der Waals surface area contributed by atoms with Crippen molar-refractivity contribution in [3.05, 3.63) is 83.9 Å². The summed E-state index contributed by atoms with van der Waals surface area (Å²) >= 11 is 0. The van der Waals surface area contributed by atoms with Gasteiger partial charge in [0.05, 0.1) is 19.7 Å². The smallest absolute Gasteiger partial charge is 0.243 e. The van der Waals surface area contributed by atoms with Crippen LogP contribution in [0.3, 0.4) is 0 Å². The number of aliphatic hydroxyl groups excluding tert-OH is 1. The number of carbonyl (C=O) groups is 2. The van der Waals surface area contributed by atoms with Crippen LogP contribution in [0.4, 0.5) is 11.4 Å². The van der Waals surface area contributed by atoms with Crippen LogP contribution in [0.25, 0.3) is 0 Å². The summed E-state index contributed by atoms with van der Waals surface area (Å²) in [4.78, 5) is 33.9. The monoisotopic (exact) mass is 461 g/mol. The van der Waals surface area contributed by atoms with Gasteiger partial charge in [0.15, 0.2) is 5.82 Å². The predicted octanol–water partition coefficient (Wildman–Crippen LogP) is 2.36. The lowest BCUT2D eigenvalue weighted by Crippen LogP contribution is -2.40. The molecule has 3 aromatic rings. The van der Waals surface area contributed by atoms with Crippen molar-refractivity contribution >= 4 is 23.2 Å². The molecule has 2 atom stereocenters. The van der Waals surface area contributed by atoms with Gasteiger partial charge in [-0.25, -0.2) is 9.97 Å². The number of rotatable bonds is 7. The number of ether oxygens (including phenoxy) is 1. The SMILES string of the molecule is CC(=O)NCC(=O)Nc1ccc(N2CC(c3cccc(CO)c3)OC(c3ncccn3)C2)cc1. The number of amides is 2. The Balaban J connectivity index is 1.53. The van der Waals surface area contributed by atoms with Crippen LogP contribution < -0.4 is 15.5 Å². The van der Waals surface area contributed by atoms with Gasteiger partial charge in [0, 0.05) is 37.2 Å². The van der Waals surface area contributed by atoms with Gasteiger partial charge >= 0.3 is 0 Å². The predicted molar refractivity (Wildman–Crippen MR) is 127 cm³/mol. The highest BCUT2D eigenvalue weighted by atomic mass is 16.5. The molecule has 0 radical (unpaired) electrons. The van der Waals surface area contributed by atoms with E-state index in [0.717, 1.165) is 16.8 Å². The second-order valence-electron chi connectivity index (χ2n) is 8.03. The van der Waals surface area contributed by atoms with Crippen molar-refractivity contribution in [2.45, 2.75) is 25.7 Å². The zero-order chi connectivity index (χ0) is 23.9. The first kappa shape index (κ1) is 23.3. The third-order valence-electron chi connectivity index (χ3n) is 5.49. The number of aliphatic hydroxyl groups is 1. The van der Waals surface area contributed by atoms with Gasteiger partial charge in [-0.1, -0.05) is 24.3 Å². The van der Waals surface area contributed by atoms with E-state index in [1.54, 1.807) is 18.5 Å². The van der Waals surface area contributed by atoms with E-state index in [2.05, 4.69) is 25.5 Å². The zero-order valence-electron chi connectivity index (χ0n) is 18.8. The molecule has 34 heavy (non-hydrogen) atoms.